The lowest BCUT2D eigenvalue weighted by molar-refractivity contribution is -0.192. The minimum atomic E-state index is -5.08. The molecule has 1 fully saturated rings. The van der Waals surface area contributed by atoms with Crippen molar-refractivity contribution in [1.29, 1.82) is 0 Å². The predicted octanol–water partition coefficient (Wildman–Crippen LogP) is 3.00. The van der Waals surface area contributed by atoms with Crippen LogP contribution in [0.2, 0.25) is 0 Å². The molecule has 0 aliphatic carbocycles. The van der Waals surface area contributed by atoms with Crippen molar-refractivity contribution >= 4 is 49.4 Å². The van der Waals surface area contributed by atoms with Crippen LogP contribution in [0.1, 0.15) is 6.42 Å². The molecule has 0 saturated carbocycles. The van der Waals surface area contributed by atoms with Gasteiger partial charge in [0.2, 0.25) is 5.95 Å². The van der Waals surface area contributed by atoms with Crippen LogP contribution in [0.5, 0.6) is 0 Å². The summed E-state index contributed by atoms with van der Waals surface area (Å²) in [5.74, 6) is -1.92. The molecule has 12 heteroatoms. The van der Waals surface area contributed by atoms with E-state index in [1.54, 1.807) is 17.4 Å². The van der Waals surface area contributed by atoms with Gasteiger partial charge in [0.1, 0.15) is 5.82 Å². The lowest BCUT2D eigenvalue weighted by Crippen LogP contribution is -2.30. The smallest absolute Gasteiger partial charge is 0.475 e. The Hall–Kier alpha value is -2.73. The Morgan fingerprint density at radius 3 is 2.66 bits per heavy atom. The molecule has 1 aliphatic rings. The van der Waals surface area contributed by atoms with Crippen molar-refractivity contribution in [3.05, 3.63) is 24.0 Å². The monoisotopic (exact) mass is 431 g/mol. The highest BCUT2D eigenvalue weighted by molar-refractivity contribution is 7.26. The van der Waals surface area contributed by atoms with Crippen molar-refractivity contribution in [3.8, 4) is 0 Å². The van der Waals surface area contributed by atoms with Crippen molar-refractivity contribution in [2.45, 2.75) is 18.6 Å². The zero-order chi connectivity index (χ0) is 21.3. The number of nitrogens with two attached hydrogens (primary N) is 1. The number of aliphatic carboxylic acids is 1. The van der Waals surface area contributed by atoms with E-state index in [1.165, 1.54) is 12.1 Å². The summed E-state index contributed by atoms with van der Waals surface area (Å²) in [6.07, 6.45) is -4.01. The number of benzene rings is 1. The Morgan fingerprint density at radius 1 is 1.38 bits per heavy atom. The first-order valence-corrected chi connectivity index (χ1v) is 9.29. The number of aromatic nitrogens is 2. The fourth-order valence-corrected chi connectivity index (χ4v) is 4.16. The number of carbonyl (C=O) groups is 1. The van der Waals surface area contributed by atoms with Gasteiger partial charge in [-0.05, 0) is 31.7 Å². The van der Waals surface area contributed by atoms with E-state index in [9.17, 15) is 17.6 Å². The van der Waals surface area contributed by atoms with Gasteiger partial charge in [-0.25, -0.2) is 14.2 Å². The Kier molecular flexibility index (Phi) is 5.75. The number of anilines is 2. The first-order valence-electron chi connectivity index (χ1n) is 8.47. The van der Waals surface area contributed by atoms with Crippen LogP contribution < -0.4 is 16.0 Å². The zero-order valence-corrected chi connectivity index (χ0v) is 15.9. The third kappa shape index (κ3) is 4.48. The number of hydrogen-bond acceptors (Lipinski definition) is 7. The number of fused-ring (bicyclic) bond motifs is 3. The molecule has 0 radical (unpaired) electrons. The summed E-state index contributed by atoms with van der Waals surface area (Å²) >= 11 is 1.59. The first-order chi connectivity index (χ1) is 13.6. The molecule has 3 aromatic rings. The molecule has 1 saturated heterocycles. The average Bonchev–Trinajstić information content (AvgIpc) is 3.25. The third-order valence-electron chi connectivity index (χ3n) is 4.41. The quantitative estimate of drug-likeness (QED) is 0.536. The van der Waals surface area contributed by atoms with E-state index in [2.05, 4.69) is 20.2 Å². The Bertz CT molecular complexity index is 1060. The van der Waals surface area contributed by atoms with Crippen LogP contribution in [-0.2, 0) is 4.79 Å². The third-order valence-corrected chi connectivity index (χ3v) is 5.57. The molecule has 156 valence electrons. The first kappa shape index (κ1) is 21.0. The maximum Gasteiger partial charge on any atom is 0.490 e. The summed E-state index contributed by atoms with van der Waals surface area (Å²) in [6.45, 7) is 1.82. The lowest BCUT2D eigenvalue weighted by Gasteiger charge is -2.18. The predicted molar refractivity (Wildman–Crippen MR) is 103 cm³/mol. The number of likely N-dealkylation sites (N-methyl/N-ethyl adjacent to an activating group) is 1. The summed E-state index contributed by atoms with van der Waals surface area (Å²) in [7, 11) is 1.97. The van der Waals surface area contributed by atoms with Gasteiger partial charge in [0.15, 0.2) is 5.82 Å². The molecule has 3 heterocycles. The number of alkyl halides is 3. The molecular formula is C17H17F4N5O2S. The van der Waals surface area contributed by atoms with Crippen molar-refractivity contribution in [2.24, 2.45) is 0 Å². The molecule has 0 bridgehead atoms. The molecule has 1 atom stereocenters. The van der Waals surface area contributed by atoms with Crippen LogP contribution in [0, 0.1) is 5.82 Å². The number of rotatable bonds is 2. The molecule has 29 heavy (non-hydrogen) atoms. The normalized spacial score (nSPS) is 16.9. The number of hydrogen-bond donors (Lipinski definition) is 3. The maximum atomic E-state index is 13.6. The van der Waals surface area contributed by atoms with Gasteiger partial charge in [-0.1, -0.05) is 0 Å². The highest BCUT2D eigenvalue weighted by Gasteiger charge is 2.38. The standard InChI is InChI=1S/C15H16FN5S.C2HF3O2/c1-18-9-4-5-21(7-9)14-13-12(19-15(17)20-14)10-6-8(16)2-3-11(10)22-13;3-2(4,5)1(6)7/h2-3,6,9,18H,4-5,7H2,1H3,(H2,17,19,20);(H,6,7)/t9-;/m1./s1. The van der Waals surface area contributed by atoms with Crippen molar-refractivity contribution in [3.63, 3.8) is 0 Å². The van der Waals surface area contributed by atoms with E-state index >= 15 is 0 Å². The van der Waals surface area contributed by atoms with Gasteiger partial charge in [0, 0.05) is 29.2 Å². The van der Waals surface area contributed by atoms with Gasteiger partial charge < -0.3 is 21.1 Å². The molecule has 0 spiro atoms. The average molecular weight is 431 g/mol. The van der Waals surface area contributed by atoms with Gasteiger partial charge in [-0.15, -0.1) is 11.3 Å². The summed E-state index contributed by atoms with van der Waals surface area (Å²) in [5.41, 5.74) is 6.64. The van der Waals surface area contributed by atoms with Crippen LogP contribution in [0.15, 0.2) is 18.2 Å². The number of halogens is 4. The highest BCUT2D eigenvalue weighted by atomic mass is 32.1. The zero-order valence-electron chi connectivity index (χ0n) is 15.1. The minimum absolute atomic E-state index is 0.236. The highest BCUT2D eigenvalue weighted by Crippen LogP contribution is 2.39. The minimum Gasteiger partial charge on any atom is -0.475 e. The largest absolute Gasteiger partial charge is 0.490 e. The van der Waals surface area contributed by atoms with E-state index in [0.29, 0.717) is 6.04 Å². The molecule has 1 aliphatic heterocycles. The van der Waals surface area contributed by atoms with Gasteiger partial charge in [-0.2, -0.15) is 18.2 Å². The SMILES string of the molecule is CN[C@@H]1CCN(c2nc(N)nc3c2sc2ccc(F)cc23)C1.O=C(O)C(F)(F)F. The second-order valence-electron chi connectivity index (χ2n) is 6.35. The van der Waals surface area contributed by atoms with Crippen LogP contribution >= 0.6 is 11.3 Å². The fourth-order valence-electron chi connectivity index (χ4n) is 3.02. The molecule has 0 unspecified atom stereocenters. The van der Waals surface area contributed by atoms with Crippen LogP contribution in [0.3, 0.4) is 0 Å². The Labute approximate surface area is 166 Å². The molecule has 2 aromatic heterocycles. The van der Waals surface area contributed by atoms with Gasteiger partial charge in [0.25, 0.3) is 0 Å². The molecule has 7 nitrogen and oxygen atoms in total. The molecule has 4 rings (SSSR count). The van der Waals surface area contributed by atoms with Crippen LogP contribution in [0.4, 0.5) is 29.3 Å². The summed E-state index contributed by atoms with van der Waals surface area (Å²) < 4.78 is 47.3. The maximum absolute atomic E-state index is 13.6. The molecule has 1 aromatic carbocycles. The second kappa shape index (κ2) is 7.95. The second-order valence-corrected chi connectivity index (χ2v) is 7.40. The molecular weight excluding hydrogens is 414 g/mol. The van der Waals surface area contributed by atoms with E-state index in [0.717, 1.165) is 45.6 Å². The summed E-state index contributed by atoms with van der Waals surface area (Å²) in [5, 5.41) is 11.2. The number of nitrogens with zero attached hydrogens (tertiary/aromatic N) is 3. The van der Waals surface area contributed by atoms with Crippen LogP contribution in [-0.4, -0.2) is 53.4 Å². The van der Waals surface area contributed by atoms with Crippen molar-refractivity contribution in [1.82, 2.24) is 15.3 Å². The summed E-state index contributed by atoms with van der Waals surface area (Å²) in [4.78, 5) is 19.9. The Morgan fingerprint density at radius 2 is 2.07 bits per heavy atom. The van der Waals surface area contributed by atoms with Gasteiger partial charge >= 0.3 is 12.1 Å². The number of carboxylic acids is 1. The van der Waals surface area contributed by atoms with Crippen molar-refractivity contribution < 1.29 is 27.5 Å². The van der Waals surface area contributed by atoms with Crippen molar-refractivity contribution in [2.75, 3.05) is 30.8 Å². The van der Waals surface area contributed by atoms with E-state index in [4.69, 9.17) is 15.6 Å². The molecule has 0 amide bonds. The number of nitrogen functional groups attached to an aromatic ring is 1. The van der Waals surface area contributed by atoms with E-state index in [1.807, 2.05) is 7.05 Å². The number of thiophene rings is 1. The van der Waals surface area contributed by atoms with E-state index < -0.39 is 12.1 Å². The lowest BCUT2D eigenvalue weighted by atomic mass is 10.2. The number of nitrogens with one attached hydrogen (secondary N) is 1. The topological polar surface area (TPSA) is 104 Å². The van der Waals surface area contributed by atoms with Crippen LogP contribution in [0.25, 0.3) is 20.3 Å². The summed E-state index contributed by atoms with van der Waals surface area (Å²) in [6, 6.07) is 5.24. The number of carboxylic acid groups (broad SMARTS) is 1. The fraction of sp³-hybridized carbons (Fsp3) is 0.353. The molecule has 4 N–H and O–H groups in total. The van der Waals surface area contributed by atoms with Gasteiger partial charge in [-0.3, -0.25) is 0 Å². The van der Waals surface area contributed by atoms with Gasteiger partial charge in [0.05, 0.1) is 10.2 Å². The van der Waals surface area contributed by atoms with E-state index in [-0.39, 0.29) is 11.8 Å². The Balaban J connectivity index is 0.000000298.